The predicted molar refractivity (Wildman–Crippen MR) is 90.3 cm³/mol. The van der Waals surface area contributed by atoms with Crippen LogP contribution in [-0.2, 0) is 11.2 Å². The number of halogens is 2. The molecule has 1 fully saturated rings. The standard InChI is InChI=1S/C18H18ClFN2O/c19-16-6-1-2-7-17(16)21-8-10-22(11-9-21)18(23)13-14-4-3-5-15(20)12-14/h1-7,12H,8-11,13H2. The summed E-state index contributed by atoms with van der Waals surface area (Å²) in [5, 5.41) is 0.729. The molecule has 0 saturated carbocycles. The van der Waals surface area contributed by atoms with Crippen molar-refractivity contribution in [1.82, 2.24) is 4.90 Å². The molecule has 0 bridgehead atoms. The number of amides is 1. The first-order chi connectivity index (χ1) is 11.1. The molecule has 23 heavy (non-hydrogen) atoms. The number of hydrogen-bond acceptors (Lipinski definition) is 2. The Kier molecular flexibility index (Phi) is 4.82. The number of carbonyl (C=O) groups excluding carboxylic acids is 1. The molecule has 0 atom stereocenters. The van der Waals surface area contributed by atoms with Crippen LogP contribution in [0.2, 0.25) is 5.02 Å². The first-order valence-corrected chi connectivity index (χ1v) is 8.03. The molecule has 3 nitrogen and oxygen atoms in total. The van der Waals surface area contributed by atoms with Crippen molar-refractivity contribution in [1.29, 1.82) is 0 Å². The minimum Gasteiger partial charge on any atom is -0.367 e. The molecular formula is C18H18ClFN2O. The second kappa shape index (κ2) is 7.01. The van der Waals surface area contributed by atoms with Crippen LogP contribution in [-0.4, -0.2) is 37.0 Å². The summed E-state index contributed by atoms with van der Waals surface area (Å²) in [5.74, 6) is -0.270. The smallest absolute Gasteiger partial charge is 0.227 e. The van der Waals surface area contributed by atoms with Crippen molar-refractivity contribution < 1.29 is 9.18 Å². The van der Waals surface area contributed by atoms with Crippen LogP contribution in [0.1, 0.15) is 5.56 Å². The van der Waals surface area contributed by atoms with Gasteiger partial charge >= 0.3 is 0 Å². The fourth-order valence-electron chi connectivity index (χ4n) is 2.84. The van der Waals surface area contributed by atoms with Crippen LogP contribution in [0.4, 0.5) is 10.1 Å². The Balaban J connectivity index is 1.58. The van der Waals surface area contributed by atoms with E-state index in [1.165, 1.54) is 12.1 Å². The highest BCUT2D eigenvalue weighted by Gasteiger charge is 2.22. The molecule has 120 valence electrons. The number of hydrogen-bond donors (Lipinski definition) is 0. The minimum atomic E-state index is -0.307. The minimum absolute atomic E-state index is 0.0365. The zero-order chi connectivity index (χ0) is 16.2. The summed E-state index contributed by atoms with van der Waals surface area (Å²) >= 11 is 6.22. The molecule has 1 saturated heterocycles. The van der Waals surface area contributed by atoms with Crippen molar-refractivity contribution in [3.8, 4) is 0 Å². The molecule has 0 N–H and O–H groups in total. The van der Waals surface area contributed by atoms with Gasteiger partial charge < -0.3 is 9.80 Å². The lowest BCUT2D eigenvalue weighted by Crippen LogP contribution is -2.49. The summed E-state index contributed by atoms with van der Waals surface area (Å²) in [6.45, 7) is 2.80. The van der Waals surface area contributed by atoms with Crippen LogP contribution < -0.4 is 4.90 Å². The van der Waals surface area contributed by atoms with E-state index in [2.05, 4.69) is 4.90 Å². The van der Waals surface area contributed by atoms with E-state index < -0.39 is 0 Å². The van der Waals surface area contributed by atoms with E-state index in [0.717, 1.165) is 23.8 Å². The number of para-hydroxylation sites is 1. The summed E-state index contributed by atoms with van der Waals surface area (Å²) in [5.41, 5.74) is 1.72. The maximum Gasteiger partial charge on any atom is 0.227 e. The third kappa shape index (κ3) is 3.82. The lowest BCUT2D eigenvalue weighted by Gasteiger charge is -2.36. The van der Waals surface area contributed by atoms with E-state index in [1.54, 1.807) is 12.1 Å². The summed E-state index contributed by atoms with van der Waals surface area (Å²) in [4.78, 5) is 16.4. The van der Waals surface area contributed by atoms with E-state index in [0.29, 0.717) is 18.7 Å². The Morgan fingerprint density at radius 1 is 1.04 bits per heavy atom. The molecule has 2 aromatic rings. The molecule has 0 unspecified atom stereocenters. The fourth-order valence-corrected chi connectivity index (χ4v) is 3.09. The molecule has 0 aliphatic carbocycles. The Labute approximate surface area is 140 Å². The molecular weight excluding hydrogens is 315 g/mol. The van der Waals surface area contributed by atoms with E-state index in [4.69, 9.17) is 11.6 Å². The average molecular weight is 333 g/mol. The van der Waals surface area contributed by atoms with Gasteiger partial charge in [0.25, 0.3) is 0 Å². The molecule has 1 aliphatic heterocycles. The largest absolute Gasteiger partial charge is 0.367 e. The van der Waals surface area contributed by atoms with Gasteiger partial charge in [0.2, 0.25) is 5.91 Å². The topological polar surface area (TPSA) is 23.6 Å². The van der Waals surface area contributed by atoms with Gasteiger partial charge in [-0.05, 0) is 29.8 Å². The number of nitrogens with zero attached hydrogens (tertiary/aromatic N) is 2. The second-order valence-corrected chi connectivity index (χ2v) is 6.03. The number of rotatable bonds is 3. The zero-order valence-electron chi connectivity index (χ0n) is 12.7. The Bertz CT molecular complexity index is 699. The Hall–Kier alpha value is -2.07. The van der Waals surface area contributed by atoms with Gasteiger partial charge in [-0.2, -0.15) is 0 Å². The summed E-state index contributed by atoms with van der Waals surface area (Å²) in [7, 11) is 0. The highest BCUT2D eigenvalue weighted by molar-refractivity contribution is 6.33. The van der Waals surface area contributed by atoms with Gasteiger partial charge in [0.15, 0.2) is 0 Å². The van der Waals surface area contributed by atoms with Crippen LogP contribution in [0.5, 0.6) is 0 Å². The maximum atomic E-state index is 13.2. The van der Waals surface area contributed by atoms with Gasteiger partial charge in [-0.15, -0.1) is 0 Å². The van der Waals surface area contributed by atoms with Crippen molar-refractivity contribution in [2.24, 2.45) is 0 Å². The lowest BCUT2D eigenvalue weighted by atomic mass is 10.1. The summed E-state index contributed by atoms with van der Waals surface area (Å²) in [6.07, 6.45) is 0.240. The van der Waals surface area contributed by atoms with Crippen molar-refractivity contribution in [3.05, 3.63) is 64.9 Å². The molecule has 5 heteroatoms. The fraction of sp³-hybridized carbons (Fsp3) is 0.278. The molecule has 1 aliphatic rings. The molecule has 2 aromatic carbocycles. The van der Waals surface area contributed by atoms with Crippen molar-refractivity contribution >= 4 is 23.2 Å². The van der Waals surface area contributed by atoms with E-state index in [-0.39, 0.29) is 18.1 Å². The molecule has 1 amide bonds. The third-order valence-electron chi connectivity index (χ3n) is 4.07. The van der Waals surface area contributed by atoms with Gasteiger partial charge in [-0.25, -0.2) is 4.39 Å². The van der Waals surface area contributed by atoms with Crippen LogP contribution in [0, 0.1) is 5.82 Å². The Morgan fingerprint density at radius 3 is 2.48 bits per heavy atom. The van der Waals surface area contributed by atoms with Gasteiger partial charge in [-0.3, -0.25) is 4.79 Å². The lowest BCUT2D eigenvalue weighted by molar-refractivity contribution is -0.130. The first kappa shape index (κ1) is 15.8. The highest BCUT2D eigenvalue weighted by atomic mass is 35.5. The van der Waals surface area contributed by atoms with Crippen LogP contribution in [0.25, 0.3) is 0 Å². The SMILES string of the molecule is O=C(Cc1cccc(F)c1)N1CCN(c2ccccc2Cl)CC1. The van der Waals surface area contributed by atoms with Crippen molar-refractivity contribution in [2.45, 2.75) is 6.42 Å². The van der Waals surface area contributed by atoms with E-state index in [9.17, 15) is 9.18 Å². The van der Waals surface area contributed by atoms with E-state index >= 15 is 0 Å². The third-order valence-corrected chi connectivity index (χ3v) is 4.39. The molecule has 0 spiro atoms. The van der Waals surface area contributed by atoms with Gasteiger partial charge in [-0.1, -0.05) is 35.9 Å². The van der Waals surface area contributed by atoms with Crippen LogP contribution in [0.15, 0.2) is 48.5 Å². The van der Waals surface area contributed by atoms with E-state index in [1.807, 2.05) is 29.2 Å². The highest BCUT2D eigenvalue weighted by Crippen LogP contribution is 2.26. The second-order valence-electron chi connectivity index (χ2n) is 5.63. The molecule has 3 rings (SSSR count). The average Bonchev–Trinajstić information content (AvgIpc) is 2.55. The van der Waals surface area contributed by atoms with Crippen molar-refractivity contribution in [2.75, 3.05) is 31.1 Å². The monoisotopic (exact) mass is 332 g/mol. The van der Waals surface area contributed by atoms with Crippen LogP contribution in [0.3, 0.4) is 0 Å². The number of carbonyl (C=O) groups is 1. The predicted octanol–water partition coefficient (Wildman–Crippen LogP) is 3.37. The maximum absolute atomic E-state index is 13.2. The first-order valence-electron chi connectivity index (χ1n) is 7.65. The quantitative estimate of drug-likeness (QED) is 0.860. The summed E-state index contributed by atoms with van der Waals surface area (Å²) in [6, 6.07) is 13.9. The molecule has 0 radical (unpaired) electrons. The normalized spacial score (nSPS) is 14.9. The summed E-state index contributed by atoms with van der Waals surface area (Å²) < 4.78 is 13.2. The Morgan fingerprint density at radius 2 is 1.78 bits per heavy atom. The van der Waals surface area contributed by atoms with Gasteiger partial charge in [0, 0.05) is 26.2 Å². The number of anilines is 1. The van der Waals surface area contributed by atoms with Crippen molar-refractivity contribution in [3.63, 3.8) is 0 Å². The van der Waals surface area contributed by atoms with Gasteiger partial charge in [0.05, 0.1) is 17.1 Å². The van der Waals surface area contributed by atoms with Gasteiger partial charge in [0.1, 0.15) is 5.82 Å². The zero-order valence-corrected chi connectivity index (χ0v) is 13.5. The molecule has 0 aromatic heterocycles. The molecule has 1 heterocycles. The number of piperazine rings is 1. The van der Waals surface area contributed by atoms with Crippen LogP contribution >= 0.6 is 11.6 Å². The number of benzene rings is 2.